The summed E-state index contributed by atoms with van der Waals surface area (Å²) < 4.78 is 0.833. The summed E-state index contributed by atoms with van der Waals surface area (Å²) in [5.41, 5.74) is 2.11. The molecule has 0 bridgehead atoms. The Morgan fingerprint density at radius 2 is 1.76 bits per heavy atom. The maximum absolute atomic E-state index is 12.0. The Morgan fingerprint density at radius 3 is 2.40 bits per heavy atom. The number of anilines is 2. The predicted octanol–water partition coefficient (Wildman–Crippen LogP) is 4.03. The average Bonchev–Trinajstić information content (AvgIpc) is 2.62. The van der Waals surface area contributed by atoms with Gasteiger partial charge in [0.05, 0.1) is 12.2 Å². The van der Waals surface area contributed by atoms with Crippen molar-refractivity contribution < 1.29 is 9.59 Å². The summed E-state index contributed by atoms with van der Waals surface area (Å²) in [4.78, 5) is 24.0. The van der Waals surface area contributed by atoms with Crippen molar-refractivity contribution >= 4 is 39.1 Å². The zero-order chi connectivity index (χ0) is 18.2. The molecule has 0 aliphatic carbocycles. The predicted molar refractivity (Wildman–Crippen MR) is 105 cm³/mol. The van der Waals surface area contributed by atoms with Gasteiger partial charge in [0, 0.05) is 21.8 Å². The molecule has 2 amide bonds. The van der Waals surface area contributed by atoms with Crippen molar-refractivity contribution in [2.75, 3.05) is 17.2 Å². The fourth-order valence-corrected chi connectivity index (χ4v) is 2.47. The van der Waals surface area contributed by atoms with Crippen LogP contribution in [0.5, 0.6) is 0 Å². The normalized spacial score (nSPS) is 11.5. The quantitative estimate of drug-likeness (QED) is 0.653. The lowest BCUT2D eigenvalue weighted by atomic mass is 10.1. The van der Waals surface area contributed by atoms with Gasteiger partial charge in [-0.15, -0.1) is 0 Å². The maximum atomic E-state index is 12.0. The molecule has 0 heterocycles. The number of carbonyl (C=O) groups is 2. The summed E-state index contributed by atoms with van der Waals surface area (Å²) in [6.45, 7) is 4.13. The van der Waals surface area contributed by atoms with Crippen molar-refractivity contribution in [3.05, 3.63) is 58.6 Å². The number of para-hydroxylation sites is 1. The third-order valence-corrected chi connectivity index (χ3v) is 4.43. The Labute approximate surface area is 156 Å². The molecule has 1 atom stereocenters. The molecule has 0 radical (unpaired) electrons. The molecular formula is C19H22BrN3O2. The standard InChI is InChI=1S/C19H22BrN3O2/c1-3-13(2)22-19(25)14-8-10-15(11-9-14)21-12-18(24)23-17-7-5-4-6-16(17)20/h4-11,13,21H,3,12H2,1-2H3,(H,22,25)(H,23,24). The van der Waals surface area contributed by atoms with Crippen molar-refractivity contribution in [2.45, 2.75) is 26.3 Å². The Hall–Kier alpha value is -2.34. The van der Waals surface area contributed by atoms with Gasteiger partial charge in [0.25, 0.3) is 5.91 Å². The minimum Gasteiger partial charge on any atom is -0.376 e. The molecule has 2 rings (SSSR count). The van der Waals surface area contributed by atoms with E-state index < -0.39 is 0 Å². The van der Waals surface area contributed by atoms with E-state index >= 15 is 0 Å². The molecule has 0 aliphatic heterocycles. The number of halogens is 1. The van der Waals surface area contributed by atoms with E-state index in [0.29, 0.717) is 5.56 Å². The van der Waals surface area contributed by atoms with Crippen molar-refractivity contribution in [3.63, 3.8) is 0 Å². The molecule has 2 aromatic carbocycles. The molecule has 25 heavy (non-hydrogen) atoms. The first-order valence-corrected chi connectivity index (χ1v) is 8.98. The molecule has 1 unspecified atom stereocenters. The van der Waals surface area contributed by atoms with Crippen LogP contribution in [0.25, 0.3) is 0 Å². The Balaban J connectivity index is 1.86. The lowest BCUT2D eigenvalue weighted by Crippen LogP contribution is -2.31. The summed E-state index contributed by atoms with van der Waals surface area (Å²) in [5.74, 6) is -0.238. The molecule has 5 nitrogen and oxygen atoms in total. The Bertz CT molecular complexity index is 732. The highest BCUT2D eigenvalue weighted by molar-refractivity contribution is 9.10. The van der Waals surface area contributed by atoms with E-state index in [2.05, 4.69) is 31.9 Å². The van der Waals surface area contributed by atoms with Crippen LogP contribution < -0.4 is 16.0 Å². The van der Waals surface area contributed by atoms with Gasteiger partial charge in [0.1, 0.15) is 0 Å². The fraction of sp³-hybridized carbons (Fsp3) is 0.263. The van der Waals surface area contributed by atoms with Gasteiger partial charge in [0.2, 0.25) is 5.91 Å². The van der Waals surface area contributed by atoms with E-state index in [1.807, 2.05) is 38.1 Å². The van der Waals surface area contributed by atoms with Crippen LogP contribution >= 0.6 is 15.9 Å². The van der Waals surface area contributed by atoms with Gasteiger partial charge >= 0.3 is 0 Å². The summed E-state index contributed by atoms with van der Waals surface area (Å²) in [6.07, 6.45) is 0.887. The molecule has 0 aliphatic rings. The van der Waals surface area contributed by atoms with E-state index in [1.54, 1.807) is 24.3 Å². The van der Waals surface area contributed by atoms with Gasteiger partial charge < -0.3 is 16.0 Å². The average molecular weight is 404 g/mol. The molecule has 0 fully saturated rings. The minimum atomic E-state index is -0.148. The SMILES string of the molecule is CCC(C)NC(=O)c1ccc(NCC(=O)Nc2ccccc2Br)cc1. The van der Waals surface area contributed by atoms with E-state index in [4.69, 9.17) is 0 Å². The topological polar surface area (TPSA) is 70.2 Å². The molecule has 3 N–H and O–H groups in total. The van der Waals surface area contributed by atoms with Crippen LogP contribution in [0.1, 0.15) is 30.6 Å². The highest BCUT2D eigenvalue weighted by Gasteiger charge is 2.09. The van der Waals surface area contributed by atoms with Crippen LogP contribution in [0.3, 0.4) is 0 Å². The fourth-order valence-electron chi connectivity index (χ4n) is 2.09. The molecule has 0 saturated carbocycles. The Morgan fingerprint density at radius 1 is 1.08 bits per heavy atom. The van der Waals surface area contributed by atoms with E-state index in [-0.39, 0.29) is 24.4 Å². The summed E-state index contributed by atoms with van der Waals surface area (Å²) in [6, 6.07) is 14.6. The van der Waals surface area contributed by atoms with Crippen molar-refractivity contribution in [3.8, 4) is 0 Å². The van der Waals surface area contributed by atoms with Crippen LogP contribution in [-0.2, 0) is 4.79 Å². The molecule has 0 saturated heterocycles. The highest BCUT2D eigenvalue weighted by Crippen LogP contribution is 2.21. The Kier molecular flexibility index (Phi) is 7.01. The lowest BCUT2D eigenvalue weighted by molar-refractivity contribution is -0.114. The summed E-state index contributed by atoms with van der Waals surface area (Å²) in [7, 11) is 0. The summed E-state index contributed by atoms with van der Waals surface area (Å²) >= 11 is 3.39. The lowest BCUT2D eigenvalue weighted by Gasteiger charge is -2.12. The molecule has 2 aromatic rings. The van der Waals surface area contributed by atoms with Crippen LogP contribution in [0, 0.1) is 0 Å². The zero-order valence-electron chi connectivity index (χ0n) is 14.3. The van der Waals surface area contributed by atoms with Gasteiger partial charge in [-0.1, -0.05) is 19.1 Å². The molecule has 132 valence electrons. The molecule has 0 aromatic heterocycles. The first-order valence-electron chi connectivity index (χ1n) is 8.18. The van der Waals surface area contributed by atoms with Gasteiger partial charge in [-0.25, -0.2) is 0 Å². The largest absolute Gasteiger partial charge is 0.376 e. The monoisotopic (exact) mass is 403 g/mol. The second kappa shape index (κ2) is 9.22. The maximum Gasteiger partial charge on any atom is 0.251 e. The number of nitrogens with one attached hydrogen (secondary N) is 3. The van der Waals surface area contributed by atoms with Gasteiger partial charge in [-0.05, 0) is 65.7 Å². The van der Waals surface area contributed by atoms with Crippen LogP contribution in [0.2, 0.25) is 0 Å². The molecular weight excluding hydrogens is 382 g/mol. The van der Waals surface area contributed by atoms with Crippen molar-refractivity contribution in [1.82, 2.24) is 5.32 Å². The summed E-state index contributed by atoms with van der Waals surface area (Å²) in [5, 5.41) is 8.79. The van der Waals surface area contributed by atoms with Gasteiger partial charge in [-0.3, -0.25) is 9.59 Å². The number of rotatable bonds is 7. The number of hydrogen-bond donors (Lipinski definition) is 3. The third-order valence-electron chi connectivity index (χ3n) is 3.74. The van der Waals surface area contributed by atoms with Gasteiger partial charge in [0.15, 0.2) is 0 Å². The smallest absolute Gasteiger partial charge is 0.251 e. The van der Waals surface area contributed by atoms with E-state index in [9.17, 15) is 9.59 Å². The van der Waals surface area contributed by atoms with Crippen LogP contribution in [-0.4, -0.2) is 24.4 Å². The second-order valence-corrected chi connectivity index (χ2v) is 6.60. The number of amides is 2. The number of carbonyl (C=O) groups excluding carboxylic acids is 2. The van der Waals surface area contributed by atoms with Crippen molar-refractivity contribution in [2.24, 2.45) is 0 Å². The van der Waals surface area contributed by atoms with Crippen LogP contribution in [0.4, 0.5) is 11.4 Å². The number of hydrogen-bond acceptors (Lipinski definition) is 3. The second-order valence-electron chi connectivity index (χ2n) is 5.74. The zero-order valence-corrected chi connectivity index (χ0v) is 15.9. The van der Waals surface area contributed by atoms with Gasteiger partial charge in [-0.2, -0.15) is 0 Å². The van der Waals surface area contributed by atoms with E-state index in [0.717, 1.165) is 22.3 Å². The first kappa shape index (κ1) is 19.0. The molecule has 6 heteroatoms. The first-order chi connectivity index (χ1) is 12.0. The van der Waals surface area contributed by atoms with Crippen molar-refractivity contribution in [1.29, 1.82) is 0 Å². The van der Waals surface area contributed by atoms with Crippen LogP contribution in [0.15, 0.2) is 53.0 Å². The number of benzene rings is 2. The molecule has 0 spiro atoms. The highest BCUT2D eigenvalue weighted by atomic mass is 79.9. The minimum absolute atomic E-state index is 0.0902. The third kappa shape index (κ3) is 5.90. The van der Waals surface area contributed by atoms with E-state index in [1.165, 1.54) is 0 Å².